The van der Waals surface area contributed by atoms with E-state index in [-0.39, 0.29) is 17.9 Å². The van der Waals surface area contributed by atoms with Gasteiger partial charge in [-0.25, -0.2) is 0 Å². The summed E-state index contributed by atoms with van der Waals surface area (Å²) in [5, 5.41) is 0. The molecule has 2 fully saturated rings. The Labute approximate surface area is 169 Å². The van der Waals surface area contributed by atoms with Gasteiger partial charge >= 0.3 is 0 Å². The van der Waals surface area contributed by atoms with E-state index in [9.17, 15) is 9.59 Å². The Morgan fingerprint density at radius 3 is 2.68 bits per heavy atom. The number of hydrogen-bond donors (Lipinski definition) is 0. The molecule has 5 heteroatoms. The number of piperidine rings is 1. The molecule has 2 heterocycles. The molecule has 1 atom stereocenters. The van der Waals surface area contributed by atoms with Crippen LogP contribution in [0.25, 0.3) is 0 Å². The van der Waals surface area contributed by atoms with Gasteiger partial charge in [-0.3, -0.25) is 9.59 Å². The first-order chi connectivity index (χ1) is 13.3. The van der Waals surface area contributed by atoms with Crippen LogP contribution in [-0.2, 0) is 9.59 Å². The van der Waals surface area contributed by atoms with Crippen molar-refractivity contribution in [1.29, 1.82) is 0 Å². The van der Waals surface area contributed by atoms with Crippen LogP contribution in [0, 0.1) is 13.8 Å². The fraction of sp³-hybridized carbons (Fsp3) is 0.652. The van der Waals surface area contributed by atoms with E-state index in [1.807, 2.05) is 42.7 Å². The van der Waals surface area contributed by atoms with Crippen molar-refractivity contribution < 1.29 is 14.3 Å². The number of rotatable bonds is 6. The number of likely N-dealkylation sites (tertiary alicyclic amines) is 2. The van der Waals surface area contributed by atoms with Gasteiger partial charge in [0.1, 0.15) is 5.75 Å². The minimum Gasteiger partial charge on any atom is -0.478 e. The second-order valence-corrected chi connectivity index (χ2v) is 8.73. The Bertz CT molecular complexity index is 729. The SMILES string of the molecule is Cc1cccc(OC(C)(C)C(=O)N2CCCCC2CCN2CCCC2=O)c1C. The molecule has 2 aliphatic heterocycles. The van der Waals surface area contributed by atoms with E-state index < -0.39 is 5.60 Å². The molecule has 5 nitrogen and oxygen atoms in total. The molecule has 0 N–H and O–H groups in total. The molecule has 0 spiro atoms. The van der Waals surface area contributed by atoms with E-state index in [4.69, 9.17) is 4.74 Å². The van der Waals surface area contributed by atoms with Gasteiger partial charge < -0.3 is 14.5 Å². The highest BCUT2D eigenvalue weighted by molar-refractivity contribution is 5.85. The Morgan fingerprint density at radius 2 is 1.96 bits per heavy atom. The van der Waals surface area contributed by atoms with Crippen LogP contribution in [0.15, 0.2) is 18.2 Å². The summed E-state index contributed by atoms with van der Waals surface area (Å²) in [4.78, 5) is 29.3. The van der Waals surface area contributed by atoms with Crippen molar-refractivity contribution in [1.82, 2.24) is 9.80 Å². The average Bonchev–Trinajstić information content (AvgIpc) is 3.08. The predicted octanol–water partition coefficient (Wildman–Crippen LogP) is 3.85. The van der Waals surface area contributed by atoms with E-state index in [0.717, 1.165) is 68.6 Å². The molecule has 0 aliphatic carbocycles. The molecule has 0 radical (unpaired) electrons. The highest BCUT2D eigenvalue weighted by atomic mass is 16.5. The van der Waals surface area contributed by atoms with Crippen molar-refractivity contribution in [2.45, 2.75) is 77.9 Å². The summed E-state index contributed by atoms with van der Waals surface area (Å²) in [5.41, 5.74) is 1.32. The Hall–Kier alpha value is -2.04. The van der Waals surface area contributed by atoms with Crippen LogP contribution in [0.1, 0.15) is 63.5 Å². The lowest BCUT2D eigenvalue weighted by molar-refractivity contribution is -0.149. The first kappa shape index (κ1) is 20.7. The quantitative estimate of drug-likeness (QED) is 0.746. The lowest BCUT2D eigenvalue weighted by atomic mass is 9.96. The van der Waals surface area contributed by atoms with Gasteiger partial charge in [-0.2, -0.15) is 0 Å². The van der Waals surface area contributed by atoms with Gasteiger partial charge in [-0.1, -0.05) is 12.1 Å². The second kappa shape index (κ2) is 8.54. The Balaban J connectivity index is 1.68. The van der Waals surface area contributed by atoms with Crippen LogP contribution in [0.4, 0.5) is 0 Å². The van der Waals surface area contributed by atoms with Crippen molar-refractivity contribution in [3.05, 3.63) is 29.3 Å². The van der Waals surface area contributed by atoms with Gasteiger partial charge in [0, 0.05) is 32.1 Å². The van der Waals surface area contributed by atoms with E-state index in [1.165, 1.54) is 0 Å². The van der Waals surface area contributed by atoms with Crippen LogP contribution in [0.2, 0.25) is 0 Å². The summed E-state index contributed by atoms with van der Waals surface area (Å²) in [6, 6.07) is 6.15. The molecule has 0 bridgehead atoms. The minimum absolute atomic E-state index is 0.0471. The number of carbonyl (C=O) groups excluding carboxylic acids is 2. The van der Waals surface area contributed by atoms with Gasteiger partial charge in [0.25, 0.3) is 5.91 Å². The summed E-state index contributed by atoms with van der Waals surface area (Å²) in [5.74, 6) is 1.08. The lowest BCUT2D eigenvalue weighted by Crippen LogP contribution is -2.54. The van der Waals surface area contributed by atoms with Gasteiger partial charge in [-0.15, -0.1) is 0 Å². The molecule has 28 heavy (non-hydrogen) atoms. The summed E-state index contributed by atoms with van der Waals surface area (Å²) in [7, 11) is 0. The normalized spacial score (nSPS) is 20.6. The number of nitrogens with zero attached hydrogens (tertiary/aromatic N) is 2. The number of benzene rings is 1. The lowest BCUT2D eigenvalue weighted by Gasteiger charge is -2.41. The number of aryl methyl sites for hydroxylation is 1. The van der Waals surface area contributed by atoms with Crippen molar-refractivity contribution in [2.75, 3.05) is 19.6 Å². The molecule has 0 aromatic heterocycles. The van der Waals surface area contributed by atoms with E-state index in [0.29, 0.717) is 6.42 Å². The third-order valence-electron chi connectivity index (χ3n) is 6.23. The molecule has 1 aromatic rings. The van der Waals surface area contributed by atoms with Crippen molar-refractivity contribution >= 4 is 11.8 Å². The maximum Gasteiger partial charge on any atom is 0.266 e. The third kappa shape index (κ3) is 4.50. The smallest absolute Gasteiger partial charge is 0.266 e. The van der Waals surface area contributed by atoms with Gasteiger partial charge in [0.2, 0.25) is 5.91 Å². The maximum atomic E-state index is 13.4. The molecule has 2 amide bonds. The van der Waals surface area contributed by atoms with Gasteiger partial charge in [-0.05, 0) is 77.0 Å². The summed E-state index contributed by atoms with van der Waals surface area (Å²) < 4.78 is 6.22. The number of ether oxygens (including phenoxy) is 1. The monoisotopic (exact) mass is 386 g/mol. The largest absolute Gasteiger partial charge is 0.478 e. The zero-order valence-corrected chi connectivity index (χ0v) is 17.8. The zero-order valence-electron chi connectivity index (χ0n) is 17.8. The number of amides is 2. The predicted molar refractivity (Wildman–Crippen MR) is 110 cm³/mol. The first-order valence-corrected chi connectivity index (χ1v) is 10.6. The van der Waals surface area contributed by atoms with Crippen molar-refractivity contribution in [3.63, 3.8) is 0 Å². The Morgan fingerprint density at radius 1 is 1.18 bits per heavy atom. The van der Waals surface area contributed by atoms with E-state index in [1.54, 1.807) is 0 Å². The van der Waals surface area contributed by atoms with Crippen LogP contribution in [0.3, 0.4) is 0 Å². The van der Waals surface area contributed by atoms with Crippen molar-refractivity contribution in [3.8, 4) is 5.75 Å². The average molecular weight is 387 g/mol. The highest BCUT2D eigenvalue weighted by Crippen LogP contribution is 2.29. The molecular formula is C23H34N2O3. The maximum absolute atomic E-state index is 13.4. The summed E-state index contributed by atoms with van der Waals surface area (Å²) in [6.07, 6.45) is 5.67. The molecule has 3 rings (SSSR count). The molecular weight excluding hydrogens is 352 g/mol. The van der Waals surface area contributed by atoms with E-state index >= 15 is 0 Å². The van der Waals surface area contributed by atoms with Gasteiger partial charge in [0.05, 0.1) is 0 Å². The fourth-order valence-electron chi connectivity index (χ4n) is 4.31. The molecule has 0 saturated carbocycles. The minimum atomic E-state index is -0.919. The summed E-state index contributed by atoms with van der Waals surface area (Å²) >= 11 is 0. The fourth-order valence-corrected chi connectivity index (χ4v) is 4.31. The molecule has 1 unspecified atom stereocenters. The third-order valence-corrected chi connectivity index (χ3v) is 6.23. The second-order valence-electron chi connectivity index (χ2n) is 8.73. The first-order valence-electron chi connectivity index (χ1n) is 10.6. The van der Waals surface area contributed by atoms with E-state index in [2.05, 4.69) is 13.0 Å². The topological polar surface area (TPSA) is 49.9 Å². The zero-order chi connectivity index (χ0) is 20.3. The van der Waals surface area contributed by atoms with Crippen LogP contribution in [-0.4, -0.2) is 52.9 Å². The van der Waals surface area contributed by atoms with Gasteiger partial charge in [0.15, 0.2) is 5.60 Å². The van der Waals surface area contributed by atoms with Crippen LogP contribution >= 0.6 is 0 Å². The van der Waals surface area contributed by atoms with Crippen LogP contribution < -0.4 is 4.74 Å². The Kier molecular flexibility index (Phi) is 6.31. The molecule has 2 saturated heterocycles. The highest BCUT2D eigenvalue weighted by Gasteiger charge is 2.39. The molecule has 154 valence electrons. The molecule has 2 aliphatic rings. The summed E-state index contributed by atoms with van der Waals surface area (Å²) in [6.45, 7) is 10.2. The standard InChI is InChI=1S/C23H34N2O3/c1-17-9-7-11-20(18(17)2)28-23(3,4)22(27)25-15-6-5-10-19(25)13-16-24-14-8-12-21(24)26/h7,9,11,19H,5-6,8,10,12-16H2,1-4H3. The van der Waals surface area contributed by atoms with Crippen molar-refractivity contribution in [2.24, 2.45) is 0 Å². The number of hydrogen-bond acceptors (Lipinski definition) is 3. The number of carbonyl (C=O) groups is 2. The molecule has 1 aromatic carbocycles. The van der Waals surface area contributed by atoms with Crippen LogP contribution in [0.5, 0.6) is 5.75 Å².